The lowest BCUT2D eigenvalue weighted by atomic mass is 10.1. The molecule has 0 heterocycles. The molecule has 0 aliphatic heterocycles. The van der Waals surface area contributed by atoms with Crippen molar-refractivity contribution in [1.82, 2.24) is 4.90 Å². The standard InChI is InChI=1S/C20H25NO/c1-16(2)21(15-19-7-5-4-6-8-19)20(22)14-13-18-11-9-17(3)10-12-18/h4-12,16H,13-15H2,1-3H3. The van der Waals surface area contributed by atoms with Gasteiger partial charge in [0.1, 0.15) is 0 Å². The number of rotatable bonds is 6. The van der Waals surface area contributed by atoms with Gasteiger partial charge in [-0.3, -0.25) is 4.79 Å². The fraction of sp³-hybridized carbons (Fsp3) is 0.350. The van der Waals surface area contributed by atoms with Gasteiger partial charge >= 0.3 is 0 Å². The van der Waals surface area contributed by atoms with Gasteiger partial charge in [0.25, 0.3) is 0 Å². The number of hydrogen-bond acceptors (Lipinski definition) is 1. The monoisotopic (exact) mass is 295 g/mol. The van der Waals surface area contributed by atoms with Crippen LogP contribution in [-0.4, -0.2) is 16.8 Å². The highest BCUT2D eigenvalue weighted by Gasteiger charge is 2.17. The van der Waals surface area contributed by atoms with E-state index in [4.69, 9.17) is 0 Å². The molecule has 2 aromatic carbocycles. The quantitative estimate of drug-likeness (QED) is 0.775. The van der Waals surface area contributed by atoms with E-state index in [0.717, 1.165) is 6.42 Å². The SMILES string of the molecule is Cc1ccc(CCC(=O)N(Cc2ccccc2)C(C)C)cc1. The normalized spacial score (nSPS) is 10.7. The molecule has 0 saturated carbocycles. The lowest BCUT2D eigenvalue weighted by Crippen LogP contribution is -2.36. The zero-order chi connectivity index (χ0) is 15.9. The zero-order valence-corrected chi connectivity index (χ0v) is 13.8. The van der Waals surface area contributed by atoms with Crippen LogP contribution in [0.1, 0.15) is 37.0 Å². The minimum atomic E-state index is 0.214. The Kier molecular flexibility index (Phi) is 5.76. The summed E-state index contributed by atoms with van der Waals surface area (Å²) in [5.41, 5.74) is 3.66. The number of carbonyl (C=O) groups excluding carboxylic acids is 1. The summed E-state index contributed by atoms with van der Waals surface area (Å²) in [6, 6.07) is 18.8. The maximum Gasteiger partial charge on any atom is 0.223 e. The summed E-state index contributed by atoms with van der Waals surface area (Å²) in [4.78, 5) is 14.5. The number of amides is 1. The molecule has 116 valence electrons. The van der Waals surface area contributed by atoms with Crippen LogP contribution in [0.3, 0.4) is 0 Å². The molecule has 0 aliphatic rings. The first-order valence-electron chi connectivity index (χ1n) is 7.95. The summed E-state index contributed by atoms with van der Waals surface area (Å²) in [5, 5.41) is 0. The van der Waals surface area contributed by atoms with Gasteiger partial charge in [-0.25, -0.2) is 0 Å². The Morgan fingerprint density at radius 2 is 1.59 bits per heavy atom. The Bertz CT molecular complexity index is 587. The van der Waals surface area contributed by atoms with E-state index in [1.54, 1.807) is 0 Å². The molecule has 2 aromatic rings. The molecule has 0 fully saturated rings. The minimum absolute atomic E-state index is 0.214. The minimum Gasteiger partial charge on any atom is -0.336 e. The summed E-state index contributed by atoms with van der Waals surface area (Å²) < 4.78 is 0. The molecule has 0 aliphatic carbocycles. The summed E-state index contributed by atoms with van der Waals surface area (Å²) in [5.74, 6) is 0.222. The molecule has 0 N–H and O–H groups in total. The summed E-state index contributed by atoms with van der Waals surface area (Å²) in [7, 11) is 0. The van der Waals surface area contributed by atoms with E-state index >= 15 is 0 Å². The predicted molar refractivity (Wildman–Crippen MR) is 91.6 cm³/mol. The third-order valence-corrected chi connectivity index (χ3v) is 3.89. The molecule has 22 heavy (non-hydrogen) atoms. The van der Waals surface area contributed by atoms with Crippen molar-refractivity contribution in [1.29, 1.82) is 0 Å². The molecular formula is C20H25NO. The van der Waals surface area contributed by atoms with E-state index in [9.17, 15) is 4.79 Å². The van der Waals surface area contributed by atoms with Gasteiger partial charge in [-0.15, -0.1) is 0 Å². The highest BCUT2D eigenvalue weighted by atomic mass is 16.2. The number of aryl methyl sites for hydroxylation is 2. The first-order chi connectivity index (χ1) is 10.6. The van der Waals surface area contributed by atoms with Crippen molar-refractivity contribution in [3.63, 3.8) is 0 Å². The second-order valence-electron chi connectivity index (χ2n) is 6.09. The van der Waals surface area contributed by atoms with Crippen LogP contribution in [-0.2, 0) is 17.8 Å². The van der Waals surface area contributed by atoms with Gasteiger partial charge in [0, 0.05) is 19.0 Å². The molecule has 2 rings (SSSR count). The fourth-order valence-electron chi connectivity index (χ4n) is 2.49. The second kappa shape index (κ2) is 7.79. The van der Waals surface area contributed by atoms with Gasteiger partial charge in [0.2, 0.25) is 5.91 Å². The lowest BCUT2D eigenvalue weighted by Gasteiger charge is -2.27. The second-order valence-corrected chi connectivity index (χ2v) is 6.09. The zero-order valence-electron chi connectivity index (χ0n) is 13.8. The van der Waals surface area contributed by atoms with Gasteiger partial charge in [0.05, 0.1) is 0 Å². The molecule has 0 unspecified atom stereocenters. The van der Waals surface area contributed by atoms with E-state index < -0.39 is 0 Å². The van der Waals surface area contributed by atoms with Gasteiger partial charge in [-0.05, 0) is 38.3 Å². The maximum atomic E-state index is 12.6. The molecule has 0 aromatic heterocycles. The topological polar surface area (TPSA) is 20.3 Å². The lowest BCUT2D eigenvalue weighted by molar-refractivity contribution is -0.133. The van der Waals surface area contributed by atoms with Gasteiger partial charge in [-0.2, -0.15) is 0 Å². The number of benzene rings is 2. The van der Waals surface area contributed by atoms with E-state index in [1.165, 1.54) is 16.7 Å². The van der Waals surface area contributed by atoms with Crippen LogP contribution in [0.5, 0.6) is 0 Å². The first-order valence-corrected chi connectivity index (χ1v) is 7.95. The molecule has 0 radical (unpaired) electrons. The maximum absolute atomic E-state index is 12.6. The van der Waals surface area contributed by atoms with Crippen LogP contribution in [0, 0.1) is 6.92 Å². The number of carbonyl (C=O) groups is 1. The summed E-state index contributed by atoms with van der Waals surface area (Å²) >= 11 is 0. The van der Waals surface area contributed by atoms with Crippen molar-refractivity contribution in [3.05, 3.63) is 71.3 Å². The van der Waals surface area contributed by atoms with Crippen molar-refractivity contribution >= 4 is 5.91 Å². The Morgan fingerprint density at radius 1 is 0.955 bits per heavy atom. The average molecular weight is 295 g/mol. The molecule has 0 spiro atoms. The van der Waals surface area contributed by atoms with Crippen LogP contribution in [0.15, 0.2) is 54.6 Å². The number of hydrogen-bond donors (Lipinski definition) is 0. The molecule has 0 saturated heterocycles. The largest absolute Gasteiger partial charge is 0.336 e. The van der Waals surface area contributed by atoms with Crippen LogP contribution in [0.25, 0.3) is 0 Å². The van der Waals surface area contributed by atoms with Crippen LogP contribution in [0.2, 0.25) is 0 Å². The first kappa shape index (κ1) is 16.3. The van der Waals surface area contributed by atoms with Gasteiger partial charge in [0.15, 0.2) is 0 Å². The van der Waals surface area contributed by atoms with Crippen LogP contribution < -0.4 is 0 Å². The Balaban J connectivity index is 1.96. The number of nitrogens with zero attached hydrogens (tertiary/aromatic N) is 1. The van der Waals surface area contributed by atoms with E-state index in [1.807, 2.05) is 23.1 Å². The highest BCUT2D eigenvalue weighted by molar-refractivity contribution is 5.76. The van der Waals surface area contributed by atoms with Crippen molar-refractivity contribution in [2.24, 2.45) is 0 Å². The summed E-state index contributed by atoms with van der Waals surface area (Å²) in [6.45, 7) is 6.92. The summed E-state index contributed by atoms with van der Waals surface area (Å²) in [6.07, 6.45) is 1.37. The van der Waals surface area contributed by atoms with E-state index in [-0.39, 0.29) is 11.9 Å². The molecule has 2 heteroatoms. The Labute approximate surface area is 133 Å². The van der Waals surface area contributed by atoms with Gasteiger partial charge in [-0.1, -0.05) is 60.2 Å². The average Bonchev–Trinajstić information content (AvgIpc) is 2.52. The molecule has 1 amide bonds. The molecule has 0 atom stereocenters. The molecule has 2 nitrogen and oxygen atoms in total. The van der Waals surface area contributed by atoms with Crippen LogP contribution >= 0.6 is 0 Å². The highest BCUT2D eigenvalue weighted by Crippen LogP contribution is 2.12. The van der Waals surface area contributed by atoms with Crippen molar-refractivity contribution in [2.75, 3.05) is 0 Å². The van der Waals surface area contributed by atoms with Crippen molar-refractivity contribution in [2.45, 2.75) is 46.2 Å². The molecular weight excluding hydrogens is 270 g/mol. The van der Waals surface area contributed by atoms with Gasteiger partial charge < -0.3 is 4.90 Å². The fourth-order valence-corrected chi connectivity index (χ4v) is 2.49. The third-order valence-electron chi connectivity index (χ3n) is 3.89. The van der Waals surface area contributed by atoms with E-state index in [0.29, 0.717) is 13.0 Å². The smallest absolute Gasteiger partial charge is 0.223 e. The Morgan fingerprint density at radius 3 is 2.18 bits per heavy atom. The van der Waals surface area contributed by atoms with Crippen molar-refractivity contribution < 1.29 is 4.79 Å². The van der Waals surface area contributed by atoms with Crippen molar-refractivity contribution in [3.8, 4) is 0 Å². The molecule has 0 bridgehead atoms. The van der Waals surface area contributed by atoms with E-state index in [2.05, 4.69) is 57.2 Å². The van der Waals surface area contributed by atoms with Crippen LogP contribution in [0.4, 0.5) is 0 Å². The Hall–Kier alpha value is -2.09. The third kappa shape index (κ3) is 4.73. The predicted octanol–water partition coefficient (Wildman–Crippen LogP) is 4.36.